The van der Waals surface area contributed by atoms with E-state index in [0.29, 0.717) is 6.04 Å². The van der Waals surface area contributed by atoms with Crippen molar-refractivity contribution in [2.75, 3.05) is 26.4 Å². The molecule has 2 heterocycles. The summed E-state index contributed by atoms with van der Waals surface area (Å²) >= 11 is 0. The molecule has 1 atom stereocenters. The fourth-order valence-electron chi connectivity index (χ4n) is 3.31. The van der Waals surface area contributed by atoms with Crippen LogP contribution in [-0.4, -0.2) is 47.6 Å². The SMILES string of the molecule is CCNC(CCc1nccn1C)C1(OCC)CCOCC1. The van der Waals surface area contributed by atoms with Crippen molar-refractivity contribution in [2.24, 2.45) is 7.05 Å². The molecule has 1 unspecified atom stereocenters. The third-order valence-corrected chi connectivity index (χ3v) is 4.43. The quantitative estimate of drug-likeness (QED) is 0.796. The summed E-state index contributed by atoms with van der Waals surface area (Å²) in [5, 5.41) is 3.64. The van der Waals surface area contributed by atoms with Gasteiger partial charge < -0.3 is 19.4 Å². The lowest BCUT2D eigenvalue weighted by molar-refractivity contribution is -0.127. The average molecular weight is 295 g/mol. The molecule has 0 aliphatic carbocycles. The van der Waals surface area contributed by atoms with Crippen LogP contribution in [0.2, 0.25) is 0 Å². The van der Waals surface area contributed by atoms with E-state index < -0.39 is 0 Å². The minimum Gasteiger partial charge on any atom is -0.381 e. The van der Waals surface area contributed by atoms with Crippen LogP contribution < -0.4 is 5.32 Å². The van der Waals surface area contributed by atoms with Gasteiger partial charge in [0.05, 0.1) is 5.60 Å². The molecular weight excluding hydrogens is 266 g/mol. The first-order chi connectivity index (χ1) is 10.2. The summed E-state index contributed by atoms with van der Waals surface area (Å²) in [6, 6.07) is 0.350. The number of hydrogen-bond acceptors (Lipinski definition) is 4. The molecule has 0 aromatic carbocycles. The lowest BCUT2D eigenvalue weighted by atomic mass is 9.83. The second kappa shape index (κ2) is 7.92. The zero-order chi connectivity index (χ0) is 15.1. The highest BCUT2D eigenvalue weighted by Crippen LogP contribution is 2.31. The lowest BCUT2D eigenvalue weighted by Crippen LogP contribution is -2.55. The Labute approximate surface area is 128 Å². The second-order valence-corrected chi connectivity index (χ2v) is 5.71. The topological polar surface area (TPSA) is 48.3 Å². The zero-order valence-corrected chi connectivity index (χ0v) is 13.6. The summed E-state index contributed by atoms with van der Waals surface area (Å²) in [4.78, 5) is 4.43. The molecule has 0 saturated carbocycles. The van der Waals surface area contributed by atoms with E-state index in [-0.39, 0.29) is 5.60 Å². The van der Waals surface area contributed by atoms with Crippen LogP contribution in [0.4, 0.5) is 0 Å². The molecule has 0 bridgehead atoms. The third-order valence-electron chi connectivity index (χ3n) is 4.43. The summed E-state index contributed by atoms with van der Waals surface area (Å²) in [5.74, 6) is 1.14. The maximum Gasteiger partial charge on any atom is 0.108 e. The van der Waals surface area contributed by atoms with Crippen LogP contribution in [0.15, 0.2) is 12.4 Å². The summed E-state index contributed by atoms with van der Waals surface area (Å²) in [6.45, 7) is 7.55. The molecule has 1 saturated heterocycles. The van der Waals surface area contributed by atoms with Crippen molar-refractivity contribution in [1.82, 2.24) is 14.9 Å². The van der Waals surface area contributed by atoms with Gasteiger partial charge in [0.15, 0.2) is 0 Å². The van der Waals surface area contributed by atoms with Gasteiger partial charge in [-0.25, -0.2) is 4.98 Å². The number of hydrogen-bond donors (Lipinski definition) is 1. The Kier molecular flexibility index (Phi) is 6.21. The van der Waals surface area contributed by atoms with Gasteiger partial charge in [-0.15, -0.1) is 0 Å². The Morgan fingerprint density at radius 3 is 2.76 bits per heavy atom. The number of nitrogens with one attached hydrogen (secondary N) is 1. The van der Waals surface area contributed by atoms with Gasteiger partial charge in [0.25, 0.3) is 0 Å². The maximum absolute atomic E-state index is 6.22. The van der Waals surface area contributed by atoms with Crippen molar-refractivity contribution >= 4 is 0 Å². The van der Waals surface area contributed by atoms with Crippen LogP contribution >= 0.6 is 0 Å². The van der Waals surface area contributed by atoms with E-state index in [9.17, 15) is 0 Å². The van der Waals surface area contributed by atoms with Gasteiger partial charge in [-0.1, -0.05) is 6.92 Å². The minimum absolute atomic E-state index is 0.0891. The Hall–Kier alpha value is -0.910. The van der Waals surface area contributed by atoms with Gasteiger partial charge in [0.2, 0.25) is 0 Å². The van der Waals surface area contributed by atoms with Crippen molar-refractivity contribution in [2.45, 2.75) is 51.2 Å². The van der Waals surface area contributed by atoms with E-state index >= 15 is 0 Å². The molecule has 120 valence electrons. The molecule has 1 aromatic rings. The fourth-order valence-corrected chi connectivity index (χ4v) is 3.31. The molecular formula is C16H29N3O2. The first-order valence-corrected chi connectivity index (χ1v) is 8.13. The first kappa shape index (κ1) is 16.5. The van der Waals surface area contributed by atoms with Gasteiger partial charge in [-0.05, 0) is 19.9 Å². The van der Waals surface area contributed by atoms with Gasteiger partial charge in [0.1, 0.15) is 5.82 Å². The van der Waals surface area contributed by atoms with Crippen LogP contribution in [0.1, 0.15) is 38.9 Å². The molecule has 21 heavy (non-hydrogen) atoms. The monoisotopic (exact) mass is 295 g/mol. The molecule has 5 nitrogen and oxygen atoms in total. The Morgan fingerprint density at radius 2 is 2.19 bits per heavy atom. The number of likely N-dealkylation sites (N-methyl/N-ethyl adjacent to an activating group) is 1. The van der Waals surface area contributed by atoms with E-state index in [1.54, 1.807) is 0 Å². The van der Waals surface area contributed by atoms with E-state index in [0.717, 1.165) is 57.9 Å². The van der Waals surface area contributed by atoms with E-state index in [4.69, 9.17) is 9.47 Å². The molecule has 1 aliphatic rings. The summed E-state index contributed by atoms with van der Waals surface area (Å²) < 4.78 is 13.9. The smallest absolute Gasteiger partial charge is 0.108 e. The van der Waals surface area contributed by atoms with Crippen molar-refractivity contribution in [1.29, 1.82) is 0 Å². The van der Waals surface area contributed by atoms with Crippen LogP contribution in [0, 0.1) is 0 Å². The Morgan fingerprint density at radius 1 is 1.43 bits per heavy atom. The van der Waals surface area contributed by atoms with E-state index in [1.807, 2.05) is 12.4 Å². The number of ether oxygens (including phenoxy) is 2. The molecule has 1 aliphatic heterocycles. The molecule has 5 heteroatoms. The summed E-state index contributed by atoms with van der Waals surface area (Å²) in [6.07, 6.45) is 7.82. The molecule has 1 N–H and O–H groups in total. The molecule has 2 rings (SSSR count). The molecule has 1 aromatic heterocycles. The van der Waals surface area contributed by atoms with Gasteiger partial charge in [-0.3, -0.25) is 0 Å². The minimum atomic E-state index is -0.0891. The van der Waals surface area contributed by atoms with Crippen LogP contribution in [0.3, 0.4) is 0 Å². The Bertz CT molecular complexity index is 408. The first-order valence-electron chi connectivity index (χ1n) is 8.13. The zero-order valence-electron chi connectivity index (χ0n) is 13.6. The highest BCUT2D eigenvalue weighted by atomic mass is 16.5. The number of aryl methyl sites for hydroxylation is 2. The predicted molar refractivity (Wildman–Crippen MR) is 83.4 cm³/mol. The van der Waals surface area contributed by atoms with Crippen molar-refractivity contribution in [3.8, 4) is 0 Å². The summed E-state index contributed by atoms with van der Waals surface area (Å²) in [5.41, 5.74) is -0.0891. The highest BCUT2D eigenvalue weighted by molar-refractivity contribution is 4.98. The van der Waals surface area contributed by atoms with E-state index in [2.05, 4.69) is 35.8 Å². The average Bonchev–Trinajstić information content (AvgIpc) is 2.90. The maximum atomic E-state index is 6.22. The summed E-state index contributed by atoms with van der Waals surface area (Å²) in [7, 11) is 2.05. The number of aromatic nitrogens is 2. The fraction of sp³-hybridized carbons (Fsp3) is 0.812. The van der Waals surface area contributed by atoms with Crippen molar-refractivity contribution in [3.63, 3.8) is 0 Å². The van der Waals surface area contributed by atoms with Gasteiger partial charge in [0, 0.05) is 64.6 Å². The van der Waals surface area contributed by atoms with Crippen LogP contribution in [-0.2, 0) is 22.9 Å². The Balaban J connectivity index is 2.05. The molecule has 1 fully saturated rings. The largest absolute Gasteiger partial charge is 0.381 e. The van der Waals surface area contributed by atoms with Crippen molar-refractivity contribution in [3.05, 3.63) is 18.2 Å². The standard InChI is InChI=1S/C16H29N3O2/c1-4-17-14(6-7-15-18-10-11-19(15)3)16(21-5-2)8-12-20-13-9-16/h10-11,14,17H,4-9,12-13H2,1-3H3. The highest BCUT2D eigenvalue weighted by Gasteiger charge is 2.40. The lowest BCUT2D eigenvalue weighted by Gasteiger charge is -2.43. The van der Waals surface area contributed by atoms with Gasteiger partial charge in [-0.2, -0.15) is 0 Å². The predicted octanol–water partition coefficient (Wildman–Crippen LogP) is 1.92. The molecule has 0 radical (unpaired) electrons. The molecule has 0 spiro atoms. The number of nitrogens with zero attached hydrogens (tertiary/aromatic N) is 2. The normalized spacial score (nSPS) is 19.6. The van der Waals surface area contributed by atoms with Crippen LogP contribution in [0.5, 0.6) is 0 Å². The molecule has 0 amide bonds. The number of imidazole rings is 1. The van der Waals surface area contributed by atoms with Crippen molar-refractivity contribution < 1.29 is 9.47 Å². The van der Waals surface area contributed by atoms with E-state index in [1.165, 1.54) is 0 Å². The number of rotatable bonds is 8. The van der Waals surface area contributed by atoms with Crippen LogP contribution in [0.25, 0.3) is 0 Å². The van der Waals surface area contributed by atoms with Gasteiger partial charge >= 0.3 is 0 Å². The second-order valence-electron chi connectivity index (χ2n) is 5.71. The third kappa shape index (κ3) is 4.05.